The Bertz CT molecular complexity index is 825. The Balaban J connectivity index is 1.82. The lowest BCUT2D eigenvalue weighted by Gasteiger charge is -2.13. The van der Waals surface area contributed by atoms with Crippen LogP contribution < -0.4 is 15.8 Å². The third-order valence-corrected chi connectivity index (χ3v) is 4.02. The largest absolute Gasteiger partial charge is 0.492 e. The van der Waals surface area contributed by atoms with Gasteiger partial charge in [-0.2, -0.15) is 0 Å². The SMILES string of the molecule is C=C(N)/N=C\C=C(/C)c1cnc(NCc2ccccc2)c2c1OCC2. The molecule has 0 bridgehead atoms. The van der Waals surface area contributed by atoms with E-state index in [0.717, 1.165) is 41.2 Å². The third-order valence-electron chi connectivity index (χ3n) is 4.02. The van der Waals surface area contributed by atoms with Gasteiger partial charge in [-0.1, -0.05) is 36.9 Å². The van der Waals surface area contributed by atoms with Crippen molar-refractivity contribution in [3.63, 3.8) is 0 Å². The molecule has 0 spiro atoms. The summed E-state index contributed by atoms with van der Waals surface area (Å²) in [6.07, 6.45) is 6.22. The molecule has 0 saturated heterocycles. The first-order valence-corrected chi connectivity index (χ1v) is 8.23. The van der Waals surface area contributed by atoms with Gasteiger partial charge in [0.05, 0.1) is 6.61 Å². The summed E-state index contributed by atoms with van der Waals surface area (Å²) in [5.74, 6) is 2.07. The number of aliphatic imine (C=N–C) groups is 1. The molecular weight excluding hydrogens is 312 g/mol. The fraction of sp³-hybridized carbons (Fsp3) is 0.200. The van der Waals surface area contributed by atoms with Crippen molar-refractivity contribution in [1.82, 2.24) is 4.98 Å². The minimum absolute atomic E-state index is 0.282. The first kappa shape index (κ1) is 16.8. The molecule has 3 rings (SSSR count). The minimum Gasteiger partial charge on any atom is -0.492 e. The summed E-state index contributed by atoms with van der Waals surface area (Å²) in [4.78, 5) is 8.58. The van der Waals surface area contributed by atoms with Gasteiger partial charge in [0, 0.05) is 36.5 Å². The van der Waals surface area contributed by atoms with E-state index in [4.69, 9.17) is 10.5 Å². The summed E-state index contributed by atoms with van der Waals surface area (Å²) in [5.41, 5.74) is 9.78. The van der Waals surface area contributed by atoms with E-state index in [0.29, 0.717) is 6.61 Å². The second-order valence-electron chi connectivity index (χ2n) is 5.88. The number of pyridine rings is 1. The molecule has 0 atom stereocenters. The highest BCUT2D eigenvalue weighted by Gasteiger charge is 2.22. The lowest BCUT2D eigenvalue weighted by atomic mass is 10.0. The van der Waals surface area contributed by atoms with Gasteiger partial charge >= 0.3 is 0 Å². The first-order chi connectivity index (χ1) is 12.1. The standard InChI is InChI=1S/C20H22N4O/c1-14(8-10-22-15(2)21)18-13-24-20(17-9-11-25-19(17)18)23-12-16-6-4-3-5-7-16/h3-8,10,13H,2,9,11-12,21H2,1H3,(H,23,24)/b14-8+,22-10-. The molecule has 2 aromatic rings. The van der Waals surface area contributed by atoms with E-state index in [1.807, 2.05) is 37.4 Å². The highest BCUT2D eigenvalue weighted by molar-refractivity contribution is 5.86. The van der Waals surface area contributed by atoms with Crippen molar-refractivity contribution in [2.24, 2.45) is 10.7 Å². The fourth-order valence-corrected chi connectivity index (χ4v) is 2.74. The molecule has 3 N–H and O–H groups in total. The zero-order valence-electron chi connectivity index (χ0n) is 14.3. The molecule has 0 amide bonds. The predicted octanol–water partition coefficient (Wildman–Crippen LogP) is 3.53. The number of nitrogens with zero attached hydrogens (tertiary/aromatic N) is 2. The number of ether oxygens (including phenoxy) is 1. The fourth-order valence-electron chi connectivity index (χ4n) is 2.74. The molecule has 1 aromatic carbocycles. The molecule has 0 saturated carbocycles. The Morgan fingerprint density at radius 2 is 2.20 bits per heavy atom. The van der Waals surface area contributed by atoms with Crippen LogP contribution in [0.4, 0.5) is 5.82 Å². The van der Waals surface area contributed by atoms with Gasteiger partial charge in [-0.15, -0.1) is 0 Å². The Labute approximate surface area is 148 Å². The molecule has 0 radical (unpaired) electrons. The van der Waals surface area contributed by atoms with Crippen LogP contribution in [0.15, 0.2) is 60.0 Å². The molecule has 1 aliphatic heterocycles. The lowest BCUT2D eigenvalue weighted by molar-refractivity contribution is 0.356. The molecular formula is C20H22N4O. The van der Waals surface area contributed by atoms with Crippen LogP contribution in [0.2, 0.25) is 0 Å². The van der Waals surface area contributed by atoms with Crippen LogP contribution in [0.5, 0.6) is 5.75 Å². The van der Waals surface area contributed by atoms with E-state index in [1.165, 1.54) is 5.56 Å². The van der Waals surface area contributed by atoms with Gasteiger partial charge in [-0.05, 0) is 24.1 Å². The maximum absolute atomic E-state index is 5.86. The van der Waals surface area contributed by atoms with Gasteiger partial charge in [0.15, 0.2) is 0 Å². The summed E-state index contributed by atoms with van der Waals surface area (Å²) in [6.45, 7) is 6.96. The van der Waals surface area contributed by atoms with Crippen LogP contribution in [0.1, 0.15) is 23.6 Å². The number of hydrogen-bond donors (Lipinski definition) is 2. The Hall–Kier alpha value is -3.08. The van der Waals surface area contributed by atoms with E-state index in [1.54, 1.807) is 6.21 Å². The highest BCUT2D eigenvalue weighted by atomic mass is 16.5. The Kier molecular flexibility index (Phi) is 5.14. The number of benzene rings is 1. The van der Waals surface area contributed by atoms with Crippen molar-refractivity contribution < 1.29 is 4.74 Å². The number of nitrogens with two attached hydrogens (primary N) is 1. The van der Waals surface area contributed by atoms with Crippen LogP contribution in [0.25, 0.3) is 5.57 Å². The van der Waals surface area contributed by atoms with Gasteiger partial charge in [0.1, 0.15) is 17.4 Å². The molecule has 1 aromatic heterocycles. The lowest BCUT2D eigenvalue weighted by Crippen LogP contribution is -2.04. The first-order valence-electron chi connectivity index (χ1n) is 8.23. The van der Waals surface area contributed by atoms with E-state index in [-0.39, 0.29) is 5.82 Å². The predicted molar refractivity (Wildman–Crippen MR) is 103 cm³/mol. The molecule has 25 heavy (non-hydrogen) atoms. The number of hydrogen-bond acceptors (Lipinski definition) is 5. The van der Waals surface area contributed by atoms with Crippen LogP contribution in [-0.4, -0.2) is 17.8 Å². The number of allylic oxidation sites excluding steroid dienone is 2. The third kappa shape index (κ3) is 4.07. The molecule has 0 aliphatic carbocycles. The van der Waals surface area contributed by atoms with Crippen molar-refractivity contribution in [2.45, 2.75) is 19.9 Å². The zero-order chi connectivity index (χ0) is 17.6. The van der Waals surface area contributed by atoms with Crippen LogP contribution in [0, 0.1) is 0 Å². The molecule has 1 aliphatic rings. The maximum atomic E-state index is 5.86. The summed E-state index contributed by atoms with van der Waals surface area (Å²) >= 11 is 0. The summed E-state index contributed by atoms with van der Waals surface area (Å²) in [5, 5.41) is 3.42. The van der Waals surface area contributed by atoms with Crippen molar-refractivity contribution in [3.05, 3.63) is 71.7 Å². The minimum atomic E-state index is 0.282. The van der Waals surface area contributed by atoms with Crippen LogP contribution in [-0.2, 0) is 13.0 Å². The van der Waals surface area contributed by atoms with Gasteiger partial charge in [-0.25, -0.2) is 9.98 Å². The molecule has 128 valence electrons. The number of anilines is 1. The van der Waals surface area contributed by atoms with E-state index >= 15 is 0 Å². The van der Waals surface area contributed by atoms with Crippen molar-refractivity contribution in [3.8, 4) is 5.75 Å². The summed E-state index contributed by atoms with van der Waals surface area (Å²) < 4.78 is 5.86. The van der Waals surface area contributed by atoms with Crippen molar-refractivity contribution in [2.75, 3.05) is 11.9 Å². The van der Waals surface area contributed by atoms with E-state index in [9.17, 15) is 0 Å². The number of aromatic nitrogens is 1. The number of nitrogens with one attached hydrogen (secondary N) is 1. The molecule has 5 nitrogen and oxygen atoms in total. The Morgan fingerprint density at radius 1 is 1.40 bits per heavy atom. The second-order valence-corrected chi connectivity index (χ2v) is 5.88. The summed E-state index contributed by atoms with van der Waals surface area (Å²) in [7, 11) is 0. The molecule has 2 heterocycles. The maximum Gasteiger partial charge on any atom is 0.135 e. The van der Waals surface area contributed by atoms with Crippen LogP contribution in [0.3, 0.4) is 0 Å². The Morgan fingerprint density at radius 3 is 2.96 bits per heavy atom. The zero-order valence-corrected chi connectivity index (χ0v) is 14.3. The monoisotopic (exact) mass is 334 g/mol. The van der Waals surface area contributed by atoms with Gasteiger partial charge in [0.2, 0.25) is 0 Å². The normalized spacial score (nSPS) is 13.6. The topological polar surface area (TPSA) is 72.5 Å². The van der Waals surface area contributed by atoms with Gasteiger partial charge < -0.3 is 15.8 Å². The average Bonchev–Trinajstić information content (AvgIpc) is 3.10. The molecule has 5 heteroatoms. The quantitative estimate of drug-likeness (QED) is 0.793. The molecule has 0 unspecified atom stereocenters. The summed E-state index contributed by atoms with van der Waals surface area (Å²) in [6, 6.07) is 10.3. The van der Waals surface area contributed by atoms with E-state index < -0.39 is 0 Å². The average molecular weight is 334 g/mol. The van der Waals surface area contributed by atoms with Gasteiger partial charge in [0.25, 0.3) is 0 Å². The highest BCUT2D eigenvalue weighted by Crippen LogP contribution is 2.37. The van der Waals surface area contributed by atoms with Crippen molar-refractivity contribution >= 4 is 17.6 Å². The van der Waals surface area contributed by atoms with Crippen LogP contribution >= 0.6 is 0 Å². The second kappa shape index (κ2) is 7.66. The molecule has 0 fully saturated rings. The number of rotatable bonds is 6. The van der Waals surface area contributed by atoms with Gasteiger partial charge in [-0.3, -0.25) is 0 Å². The smallest absolute Gasteiger partial charge is 0.135 e. The number of fused-ring (bicyclic) bond motifs is 1. The van der Waals surface area contributed by atoms with Crippen molar-refractivity contribution in [1.29, 1.82) is 0 Å². The van der Waals surface area contributed by atoms with E-state index in [2.05, 4.69) is 34.0 Å².